The van der Waals surface area contributed by atoms with Gasteiger partial charge in [-0.05, 0) is 19.1 Å². The first-order chi connectivity index (χ1) is 9.13. The number of carbonyl (C=O) groups is 2. The molecule has 0 unspecified atom stereocenters. The van der Waals surface area contributed by atoms with E-state index in [-0.39, 0.29) is 24.7 Å². The molecule has 0 spiro atoms. The van der Waals surface area contributed by atoms with Crippen molar-refractivity contribution in [2.75, 3.05) is 11.4 Å². The molecule has 3 rings (SSSR count). The van der Waals surface area contributed by atoms with E-state index in [4.69, 9.17) is 4.42 Å². The quantitative estimate of drug-likeness (QED) is 0.775. The number of aromatic nitrogens is 2. The molecule has 0 bridgehead atoms. The van der Waals surface area contributed by atoms with E-state index < -0.39 is 0 Å². The van der Waals surface area contributed by atoms with Crippen molar-refractivity contribution >= 4 is 17.5 Å². The summed E-state index contributed by atoms with van der Waals surface area (Å²) < 4.78 is 7.15. The van der Waals surface area contributed by atoms with Gasteiger partial charge in [0.25, 0.3) is 0 Å². The van der Waals surface area contributed by atoms with Crippen molar-refractivity contribution in [1.82, 2.24) is 9.78 Å². The molecule has 6 heteroatoms. The first kappa shape index (κ1) is 11.7. The second kappa shape index (κ2) is 4.38. The van der Waals surface area contributed by atoms with Gasteiger partial charge in [0.05, 0.1) is 19.2 Å². The minimum Gasteiger partial charge on any atom is -0.464 e. The van der Waals surface area contributed by atoms with Gasteiger partial charge >= 0.3 is 0 Å². The number of hydrogen-bond acceptors (Lipinski definition) is 4. The molecule has 19 heavy (non-hydrogen) atoms. The standard InChI is InChI=1S/C13H13N3O3/c1-9-2-3-11(19-9)8-16-12(4-5-14-16)15-7-10(17)6-13(15)18/h2-5H,6-8H2,1H3. The molecule has 1 amide bonds. The number of hydrogen-bond donors (Lipinski definition) is 0. The van der Waals surface area contributed by atoms with Crippen LogP contribution in [0.2, 0.25) is 0 Å². The van der Waals surface area contributed by atoms with Crippen molar-refractivity contribution in [1.29, 1.82) is 0 Å². The molecule has 1 saturated heterocycles. The van der Waals surface area contributed by atoms with Gasteiger partial charge in [0, 0.05) is 6.07 Å². The zero-order valence-corrected chi connectivity index (χ0v) is 10.5. The molecule has 2 aromatic heterocycles. The smallest absolute Gasteiger partial charge is 0.236 e. The fourth-order valence-electron chi connectivity index (χ4n) is 2.19. The average molecular weight is 259 g/mol. The number of anilines is 1. The highest BCUT2D eigenvalue weighted by Crippen LogP contribution is 2.20. The van der Waals surface area contributed by atoms with Crippen LogP contribution in [0.15, 0.2) is 28.8 Å². The number of aryl methyl sites for hydroxylation is 1. The van der Waals surface area contributed by atoms with Crippen LogP contribution in [-0.2, 0) is 16.1 Å². The lowest BCUT2D eigenvalue weighted by molar-refractivity contribution is -0.121. The second-order valence-corrected chi connectivity index (χ2v) is 4.55. The van der Waals surface area contributed by atoms with Gasteiger partial charge in [-0.1, -0.05) is 0 Å². The monoisotopic (exact) mass is 259 g/mol. The molecule has 0 saturated carbocycles. The lowest BCUT2D eigenvalue weighted by atomic mass is 10.3. The summed E-state index contributed by atoms with van der Waals surface area (Å²) >= 11 is 0. The number of amides is 1. The van der Waals surface area contributed by atoms with Crippen molar-refractivity contribution in [2.45, 2.75) is 19.9 Å². The molecule has 0 atom stereocenters. The number of Topliss-reactive ketones (excluding diaryl/α,β-unsaturated/α-hetero) is 1. The Balaban J connectivity index is 1.86. The predicted molar refractivity (Wildman–Crippen MR) is 66.8 cm³/mol. The number of furan rings is 1. The van der Waals surface area contributed by atoms with Gasteiger partial charge in [0.15, 0.2) is 5.78 Å². The fourth-order valence-corrected chi connectivity index (χ4v) is 2.19. The predicted octanol–water partition coefficient (Wildman–Crippen LogP) is 1.14. The van der Waals surface area contributed by atoms with Gasteiger partial charge in [0.1, 0.15) is 23.9 Å². The molecule has 1 aliphatic rings. The minimum absolute atomic E-state index is 0.0228. The number of carbonyl (C=O) groups excluding carboxylic acids is 2. The highest BCUT2D eigenvalue weighted by atomic mass is 16.3. The molecular formula is C13H13N3O3. The molecular weight excluding hydrogens is 246 g/mol. The van der Waals surface area contributed by atoms with E-state index in [1.807, 2.05) is 19.1 Å². The van der Waals surface area contributed by atoms with Gasteiger partial charge in [-0.25, -0.2) is 4.68 Å². The summed E-state index contributed by atoms with van der Waals surface area (Å²) in [5, 5.41) is 4.18. The van der Waals surface area contributed by atoms with Crippen molar-refractivity contribution in [3.05, 3.63) is 35.9 Å². The zero-order valence-electron chi connectivity index (χ0n) is 10.5. The van der Waals surface area contributed by atoms with Crippen molar-refractivity contribution in [3.8, 4) is 0 Å². The van der Waals surface area contributed by atoms with Crippen LogP contribution in [0.25, 0.3) is 0 Å². The van der Waals surface area contributed by atoms with Gasteiger partial charge in [-0.15, -0.1) is 0 Å². The minimum atomic E-state index is -0.178. The lowest BCUT2D eigenvalue weighted by Crippen LogP contribution is -2.27. The highest BCUT2D eigenvalue weighted by molar-refractivity contribution is 6.14. The van der Waals surface area contributed by atoms with Gasteiger partial charge in [0.2, 0.25) is 5.91 Å². The molecule has 0 N–H and O–H groups in total. The molecule has 3 heterocycles. The Hall–Kier alpha value is -2.37. The summed E-state index contributed by atoms with van der Waals surface area (Å²) in [6.07, 6.45) is 1.59. The van der Waals surface area contributed by atoms with E-state index in [1.165, 1.54) is 4.90 Å². The normalized spacial score (nSPS) is 15.5. The molecule has 0 aromatic carbocycles. The topological polar surface area (TPSA) is 68.3 Å². The molecule has 2 aromatic rings. The Labute approximate surface area is 109 Å². The maximum absolute atomic E-state index is 11.7. The molecule has 1 fully saturated rings. The van der Waals surface area contributed by atoms with Crippen LogP contribution in [0.5, 0.6) is 0 Å². The second-order valence-electron chi connectivity index (χ2n) is 4.55. The van der Waals surface area contributed by atoms with Crippen LogP contribution in [0.1, 0.15) is 17.9 Å². The number of nitrogens with zero attached hydrogens (tertiary/aromatic N) is 3. The molecule has 6 nitrogen and oxygen atoms in total. The summed E-state index contributed by atoms with van der Waals surface area (Å²) in [4.78, 5) is 24.5. The summed E-state index contributed by atoms with van der Waals surface area (Å²) in [6.45, 7) is 2.44. The van der Waals surface area contributed by atoms with Crippen LogP contribution in [-0.4, -0.2) is 28.0 Å². The molecule has 0 radical (unpaired) electrons. The van der Waals surface area contributed by atoms with Gasteiger partial charge in [-0.3, -0.25) is 14.5 Å². The Bertz CT molecular complexity index is 641. The van der Waals surface area contributed by atoms with Crippen molar-refractivity contribution < 1.29 is 14.0 Å². The van der Waals surface area contributed by atoms with E-state index in [1.54, 1.807) is 16.9 Å². The molecule has 98 valence electrons. The summed E-state index contributed by atoms with van der Waals surface area (Å²) in [5.74, 6) is 1.98. The first-order valence-corrected chi connectivity index (χ1v) is 6.02. The Morgan fingerprint density at radius 2 is 2.16 bits per heavy atom. The maximum atomic E-state index is 11.7. The van der Waals surface area contributed by atoms with E-state index >= 15 is 0 Å². The van der Waals surface area contributed by atoms with Crippen LogP contribution in [0.3, 0.4) is 0 Å². The molecule has 0 aliphatic carbocycles. The highest BCUT2D eigenvalue weighted by Gasteiger charge is 2.30. The van der Waals surface area contributed by atoms with Gasteiger partial charge in [-0.2, -0.15) is 5.10 Å². The van der Waals surface area contributed by atoms with Crippen LogP contribution >= 0.6 is 0 Å². The van der Waals surface area contributed by atoms with Crippen molar-refractivity contribution in [2.24, 2.45) is 0 Å². The Morgan fingerprint density at radius 3 is 2.79 bits per heavy atom. The average Bonchev–Trinajstić information content (AvgIpc) is 3.02. The SMILES string of the molecule is Cc1ccc(Cn2nccc2N2CC(=O)CC2=O)o1. The maximum Gasteiger partial charge on any atom is 0.236 e. The van der Waals surface area contributed by atoms with Crippen LogP contribution < -0.4 is 4.90 Å². The van der Waals surface area contributed by atoms with Gasteiger partial charge < -0.3 is 4.42 Å². The van der Waals surface area contributed by atoms with Crippen LogP contribution in [0.4, 0.5) is 5.82 Å². The van der Waals surface area contributed by atoms with E-state index in [9.17, 15) is 9.59 Å². The van der Waals surface area contributed by atoms with E-state index in [2.05, 4.69) is 5.10 Å². The Kier molecular flexibility index (Phi) is 2.70. The Morgan fingerprint density at radius 1 is 1.32 bits per heavy atom. The lowest BCUT2D eigenvalue weighted by Gasteiger charge is -2.15. The van der Waals surface area contributed by atoms with Crippen LogP contribution in [0, 0.1) is 6.92 Å². The number of ketones is 1. The number of rotatable bonds is 3. The first-order valence-electron chi connectivity index (χ1n) is 6.02. The summed E-state index contributed by atoms with van der Waals surface area (Å²) in [6, 6.07) is 5.48. The largest absolute Gasteiger partial charge is 0.464 e. The fraction of sp³-hybridized carbons (Fsp3) is 0.308. The third-order valence-electron chi connectivity index (χ3n) is 3.06. The summed E-state index contributed by atoms with van der Waals surface area (Å²) in [5.41, 5.74) is 0. The third-order valence-corrected chi connectivity index (χ3v) is 3.06. The van der Waals surface area contributed by atoms with E-state index in [0.717, 1.165) is 11.5 Å². The molecule has 1 aliphatic heterocycles. The van der Waals surface area contributed by atoms with E-state index in [0.29, 0.717) is 12.4 Å². The van der Waals surface area contributed by atoms with Crippen molar-refractivity contribution in [3.63, 3.8) is 0 Å². The third kappa shape index (κ3) is 2.16. The summed E-state index contributed by atoms with van der Waals surface area (Å²) in [7, 11) is 0. The zero-order chi connectivity index (χ0) is 13.4.